The Balaban J connectivity index is 1.98. The van der Waals surface area contributed by atoms with Crippen LogP contribution in [0.5, 0.6) is 5.75 Å². The molecule has 0 heterocycles. The molecule has 0 aromatic heterocycles. The number of aliphatic hydroxyl groups is 1. The number of aromatic hydroxyl groups is 1. The third kappa shape index (κ3) is 4.74. The molecule has 0 fully saturated rings. The highest BCUT2D eigenvalue weighted by molar-refractivity contribution is 6.05. The number of aliphatic hydroxyl groups excluding tert-OH is 1. The molecule has 0 aliphatic carbocycles. The third-order valence-corrected chi connectivity index (χ3v) is 4.65. The number of nitrogens with one attached hydrogen (secondary N) is 1. The van der Waals surface area contributed by atoms with Crippen LogP contribution in [0.4, 0.5) is 11.4 Å². The van der Waals surface area contributed by atoms with Crippen molar-refractivity contribution in [2.75, 3.05) is 17.3 Å². The molecule has 6 nitrogen and oxygen atoms in total. The van der Waals surface area contributed by atoms with Gasteiger partial charge in [-0.05, 0) is 59.7 Å². The summed E-state index contributed by atoms with van der Waals surface area (Å²) in [6, 6.07) is 19.9. The van der Waals surface area contributed by atoms with Gasteiger partial charge in [0.15, 0.2) is 0 Å². The summed E-state index contributed by atoms with van der Waals surface area (Å²) in [4.78, 5) is 26.1. The molecule has 3 aromatic rings. The Morgan fingerprint density at radius 1 is 1.00 bits per heavy atom. The van der Waals surface area contributed by atoms with Crippen molar-refractivity contribution in [3.63, 3.8) is 0 Å². The number of phenolic OH excluding ortho intramolecular Hbond substituents is 1. The van der Waals surface area contributed by atoms with Gasteiger partial charge < -0.3 is 20.4 Å². The van der Waals surface area contributed by atoms with E-state index >= 15 is 0 Å². The van der Waals surface area contributed by atoms with E-state index in [9.17, 15) is 19.8 Å². The minimum atomic E-state index is -0.942. The van der Waals surface area contributed by atoms with E-state index in [0.717, 1.165) is 0 Å². The second kappa shape index (κ2) is 9.07. The van der Waals surface area contributed by atoms with Crippen LogP contribution < -0.4 is 10.2 Å². The number of nitrogens with zero attached hydrogens (tertiary/aromatic N) is 1. The number of carbonyl (C=O) groups is 2. The Morgan fingerprint density at radius 2 is 1.67 bits per heavy atom. The van der Waals surface area contributed by atoms with E-state index in [2.05, 4.69) is 11.9 Å². The lowest BCUT2D eigenvalue weighted by Crippen LogP contribution is -2.24. The number of amides is 2. The normalized spacial score (nSPS) is 11.4. The quantitative estimate of drug-likeness (QED) is 0.546. The molecule has 1 atom stereocenters. The van der Waals surface area contributed by atoms with Gasteiger partial charge in [-0.1, -0.05) is 36.9 Å². The summed E-state index contributed by atoms with van der Waals surface area (Å²) in [7, 11) is 1.59. The molecule has 2 amide bonds. The van der Waals surface area contributed by atoms with Crippen LogP contribution in [0.15, 0.2) is 85.5 Å². The van der Waals surface area contributed by atoms with Gasteiger partial charge in [0.05, 0.1) is 0 Å². The van der Waals surface area contributed by atoms with Crippen molar-refractivity contribution < 1.29 is 19.8 Å². The van der Waals surface area contributed by atoms with Crippen LogP contribution in [0.3, 0.4) is 0 Å². The zero-order valence-electron chi connectivity index (χ0n) is 16.4. The minimum absolute atomic E-state index is 0.0615. The van der Waals surface area contributed by atoms with Gasteiger partial charge in [-0.2, -0.15) is 0 Å². The van der Waals surface area contributed by atoms with Gasteiger partial charge in [-0.15, -0.1) is 0 Å². The van der Waals surface area contributed by atoms with Crippen molar-refractivity contribution in [3.05, 3.63) is 102 Å². The highest BCUT2D eigenvalue weighted by atomic mass is 16.3. The van der Waals surface area contributed by atoms with Crippen molar-refractivity contribution in [2.24, 2.45) is 0 Å². The van der Waals surface area contributed by atoms with Crippen LogP contribution in [-0.2, 0) is 4.79 Å². The maximum atomic E-state index is 12.6. The SMILES string of the molecule is C=CC(=O)N(C)c1cc(NC(=O)c2ccc(O)cc2)cc(C(O)c2ccccc2)c1. The summed E-state index contributed by atoms with van der Waals surface area (Å²) in [5.74, 6) is -0.645. The fourth-order valence-corrected chi connectivity index (χ4v) is 2.97. The van der Waals surface area contributed by atoms with Gasteiger partial charge in [0, 0.05) is 24.0 Å². The van der Waals surface area contributed by atoms with E-state index in [1.165, 1.54) is 35.2 Å². The largest absolute Gasteiger partial charge is 0.508 e. The van der Waals surface area contributed by atoms with Crippen molar-refractivity contribution in [1.82, 2.24) is 0 Å². The molecule has 3 rings (SSSR count). The minimum Gasteiger partial charge on any atom is -0.508 e. The van der Waals surface area contributed by atoms with Crippen molar-refractivity contribution in [1.29, 1.82) is 0 Å². The monoisotopic (exact) mass is 402 g/mol. The summed E-state index contributed by atoms with van der Waals surface area (Å²) in [5.41, 5.74) is 2.47. The molecule has 0 saturated carbocycles. The number of rotatable bonds is 6. The van der Waals surface area contributed by atoms with Gasteiger partial charge in [0.25, 0.3) is 5.91 Å². The lowest BCUT2D eigenvalue weighted by Gasteiger charge is -2.20. The zero-order chi connectivity index (χ0) is 21.7. The van der Waals surface area contributed by atoms with Gasteiger partial charge in [-0.3, -0.25) is 9.59 Å². The molecular formula is C24H22N2O4. The zero-order valence-corrected chi connectivity index (χ0v) is 16.4. The summed E-state index contributed by atoms with van der Waals surface area (Å²) in [6.45, 7) is 3.50. The molecule has 3 N–H and O–H groups in total. The van der Waals surface area contributed by atoms with E-state index in [0.29, 0.717) is 28.1 Å². The van der Waals surface area contributed by atoms with Crippen LogP contribution in [0.2, 0.25) is 0 Å². The maximum absolute atomic E-state index is 12.6. The Kier molecular flexibility index (Phi) is 6.29. The fraction of sp³-hybridized carbons (Fsp3) is 0.0833. The first kappa shape index (κ1) is 20.8. The summed E-state index contributed by atoms with van der Waals surface area (Å²) >= 11 is 0. The van der Waals surface area contributed by atoms with Crippen molar-refractivity contribution >= 4 is 23.2 Å². The topological polar surface area (TPSA) is 89.9 Å². The van der Waals surface area contributed by atoms with E-state index in [-0.39, 0.29) is 17.6 Å². The van der Waals surface area contributed by atoms with Gasteiger partial charge in [-0.25, -0.2) is 0 Å². The first-order chi connectivity index (χ1) is 14.4. The number of carbonyl (C=O) groups excluding carboxylic acids is 2. The Bertz CT molecular complexity index is 1060. The number of hydrogen-bond acceptors (Lipinski definition) is 4. The average Bonchev–Trinajstić information content (AvgIpc) is 2.78. The van der Waals surface area contributed by atoms with Crippen LogP contribution >= 0.6 is 0 Å². The van der Waals surface area contributed by atoms with Gasteiger partial charge in [0.1, 0.15) is 11.9 Å². The van der Waals surface area contributed by atoms with Gasteiger partial charge in [0.2, 0.25) is 5.91 Å². The first-order valence-corrected chi connectivity index (χ1v) is 9.27. The first-order valence-electron chi connectivity index (χ1n) is 9.27. The van der Waals surface area contributed by atoms with Crippen LogP contribution in [0.25, 0.3) is 0 Å². The highest BCUT2D eigenvalue weighted by Gasteiger charge is 2.17. The summed E-state index contributed by atoms with van der Waals surface area (Å²) in [5, 5.41) is 23.0. The third-order valence-electron chi connectivity index (χ3n) is 4.65. The lowest BCUT2D eigenvalue weighted by atomic mass is 10.00. The molecule has 30 heavy (non-hydrogen) atoms. The molecule has 0 aliphatic rings. The molecule has 0 spiro atoms. The van der Waals surface area contributed by atoms with Crippen LogP contribution in [0.1, 0.15) is 27.6 Å². The van der Waals surface area contributed by atoms with E-state index in [4.69, 9.17) is 0 Å². The summed E-state index contributed by atoms with van der Waals surface area (Å²) < 4.78 is 0. The van der Waals surface area contributed by atoms with Crippen LogP contribution in [-0.4, -0.2) is 29.1 Å². The second-order valence-electron chi connectivity index (χ2n) is 6.73. The summed E-state index contributed by atoms with van der Waals surface area (Å²) in [6.07, 6.45) is 0.248. The van der Waals surface area contributed by atoms with E-state index in [1.54, 1.807) is 37.4 Å². The molecular weight excluding hydrogens is 380 g/mol. The van der Waals surface area contributed by atoms with E-state index in [1.807, 2.05) is 18.2 Å². The molecule has 0 bridgehead atoms. The highest BCUT2D eigenvalue weighted by Crippen LogP contribution is 2.30. The van der Waals surface area contributed by atoms with Gasteiger partial charge >= 0.3 is 0 Å². The average molecular weight is 402 g/mol. The number of phenols is 1. The molecule has 6 heteroatoms. The smallest absolute Gasteiger partial charge is 0.255 e. The van der Waals surface area contributed by atoms with Crippen LogP contribution in [0, 0.1) is 0 Å². The van der Waals surface area contributed by atoms with Crippen molar-refractivity contribution in [3.8, 4) is 5.75 Å². The molecule has 3 aromatic carbocycles. The number of anilines is 2. The number of hydrogen-bond donors (Lipinski definition) is 3. The van der Waals surface area contributed by atoms with E-state index < -0.39 is 6.10 Å². The Hall–Kier alpha value is -3.90. The second-order valence-corrected chi connectivity index (χ2v) is 6.73. The Morgan fingerprint density at radius 3 is 2.30 bits per heavy atom. The molecule has 1 unspecified atom stereocenters. The lowest BCUT2D eigenvalue weighted by molar-refractivity contribution is -0.113. The number of likely N-dealkylation sites (N-methyl/N-ethyl adjacent to an activating group) is 1. The maximum Gasteiger partial charge on any atom is 0.255 e. The predicted octanol–water partition coefficient (Wildman–Crippen LogP) is 3.88. The molecule has 152 valence electrons. The predicted molar refractivity (Wildman–Crippen MR) is 117 cm³/mol. The molecule has 0 radical (unpaired) electrons. The molecule has 0 aliphatic heterocycles. The van der Waals surface area contributed by atoms with Crippen molar-refractivity contribution in [2.45, 2.75) is 6.10 Å². The fourth-order valence-electron chi connectivity index (χ4n) is 2.97. The Labute approximate surface area is 174 Å². The molecule has 0 saturated heterocycles. The number of benzene rings is 3. The standard InChI is InChI=1S/C24H22N2O4/c1-3-22(28)26(2)20-14-18(23(29)16-7-5-4-6-8-16)13-19(15-20)25-24(30)17-9-11-21(27)12-10-17/h3-15,23,27,29H,1H2,2H3,(H,25,30).